The number of hydrogen-bond donors (Lipinski definition) is 1. The molecule has 0 saturated carbocycles. The number of imide groups is 1. The highest BCUT2D eigenvalue weighted by molar-refractivity contribution is 6.07. The summed E-state index contributed by atoms with van der Waals surface area (Å²) in [4.78, 5) is 56.9. The van der Waals surface area contributed by atoms with Gasteiger partial charge in [0, 0.05) is 19.7 Å². The van der Waals surface area contributed by atoms with Crippen molar-refractivity contribution in [3.05, 3.63) is 11.8 Å². The van der Waals surface area contributed by atoms with Crippen LogP contribution in [0.15, 0.2) is 11.8 Å². The fourth-order valence-corrected chi connectivity index (χ4v) is 4.92. The zero-order valence-electron chi connectivity index (χ0n) is 21.8. The Kier molecular flexibility index (Phi) is 9.28. The topological polar surface area (TPSA) is 107 Å². The first kappa shape index (κ1) is 27.8. The maximum atomic E-state index is 13.7. The molecule has 0 aromatic rings. The van der Waals surface area contributed by atoms with Gasteiger partial charge in [0.25, 0.3) is 17.7 Å². The third-order valence-corrected chi connectivity index (χ3v) is 7.08. The minimum atomic E-state index is -1.20. The van der Waals surface area contributed by atoms with Crippen molar-refractivity contribution >= 4 is 23.6 Å². The summed E-state index contributed by atoms with van der Waals surface area (Å²) in [6, 6.07) is -2.13. The summed E-state index contributed by atoms with van der Waals surface area (Å²) in [6.07, 6.45) is 1.83. The van der Waals surface area contributed by atoms with E-state index in [-0.39, 0.29) is 23.7 Å². The zero-order chi connectivity index (χ0) is 25.9. The maximum Gasteiger partial charge on any atom is 0.257 e. The minimum absolute atomic E-state index is 0.0543. The molecule has 2 rings (SSSR count). The number of methoxy groups -OCH3 is 1. The molecule has 2 aliphatic rings. The second-order valence-corrected chi connectivity index (χ2v) is 10.1. The van der Waals surface area contributed by atoms with Crippen molar-refractivity contribution in [1.29, 1.82) is 0 Å². The van der Waals surface area contributed by atoms with Crippen LogP contribution in [0.3, 0.4) is 0 Å². The molecular weight excluding hydrogens is 438 g/mol. The Morgan fingerprint density at radius 3 is 2.32 bits per heavy atom. The van der Waals surface area contributed by atoms with Gasteiger partial charge in [-0.3, -0.25) is 24.1 Å². The first-order valence-electron chi connectivity index (χ1n) is 12.3. The quantitative estimate of drug-likeness (QED) is 0.505. The molecule has 0 aromatic heterocycles. The highest BCUT2D eigenvalue weighted by Crippen LogP contribution is 2.31. The Labute approximate surface area is 203 Å². The first-order valence-corrected chi connectivity index (χ1v) is 12.3. The van der Waals surface area contributed by atoms with Crippen molar-refractivity contribution in [2.75, 3.05) is 20.7 Å². The third kappa shape index (κ3) is 5.29. The number of nitrogens with zero attached hydrogens (tertiary/aromatic N) is 3. The van der Waals surface area contributed by atoms with E-state index in [1.54, 1.807) is 6.92 Å². The van der Waals surface area contributed by atoms with Crippen LogP contribution in [0.4, 0.5) is 0 Å². The number of amides is 4. The number of rotatable bonds is 9. The van der Waals surface area contributed by atoms with Crippen molar-refractivity contribution in [3.63, 3.8) is 0 Å². The summed E-state index contributed by atoms with van der Waals surface area (Å²) in [5.74, 6) is -1.80. The molecule has 0 radical (unpaired) electrons. The van der Waals surface area contributed by atoms with Crippen molar-refractivity contribution < 1.29 is 29.0 Å². The lowest BCUT2D eigenvalue weighted by atomic mass is 9.96. The van der Waals surface area contributed by atoms with Crippen LogP contribution in [0.25, 0.3) is 0 Å². The summed E-state index contributed by atoms with van der Waals surface area (Å²) in [7, 11) is 3.00. The van der Waals surface area contributed by atoms with Crippen molar-refractivity contribution in [2.24, 2.45) is 17.8 Å². The fourth-order valence-electron chi connectivity index (χ4n) is 4.92. The van der Waals surface area contributed by atoms with Gasteiger partial charge in [-0.1, -0.05) is 48.0 Å². The molecule has 9 nitrogen and oxygen atoms in total. The predicted octanol–water partition coefficient (Wildman–Crippen LogP) is 1.79. The standard InChI is InChI=1S/C25H41N3O6/c1-9-16(6)22(30)25(33)26(7)21(15(4)5)24(32)27-12-10-11-17(27)23(31)28-19(29)13-18(34-8)20(28)14(2)3/h13-17,20-22,30H,9-12H2,1-8H3/t16?,17-,20-,21-,22-/m0/s1. The third-order valence-electron chi connectivity index (χ3n) is 7.08. The summed E-state index contributed by atoms with van der Waals surface area (Å²) in [5.41, 5.74) is 0. The van der Waals surface area contributed by atoms with E-state index in [2.05, 4.69) is 0 Å². The van der Waals surface area contributed by atoms with Crippen molar-refractivity contribution in [1.82, 2.24) is 14.7 Å². The number of carbonyl (C=O) groups is 4. The summed E-state index contributed by atoms with van der Waals surface area (Å²) in [5, 5.41) is 10.4. The lowest BCUT2D eigenvalue weighted by Crippen LogP contribution is -2.58. The molecule has 4 amide bonds. The van der Waals surface area contributed by atoms with Gasteiger partial charge in [0.15, 0.2) is 0 Å². The first-order chi connectivity index (χ1) is 15.9. The Hall–Kier alpha value is -2.42. The average Bonchev–Trinajstić information content (AvgIpc) is 3.41. The number of carbonyl (C=O) groups excluding carboxylic acids is 4. The Bertz CT molecular complexity index is 823. The highest BCUT2D eigenvalue weighted by atomic mass is 16.5. The van der Waals surface area contributed by atoms with Crippen LogP contribution in [-0.4, -0.2) is 88.4 Å². The zero-order valence-corrected chi connectivity index (χ0v) is 21.8. The normalized spacial score (nSPS) is 23.3. The molecule has 34 heavy (non-hydrogen) atoms. The predicted molar refractivity (Wildman–Crippen MR) is 127 cm³/mol. The molecule has 1 unspecified atom stereocenters. The van der Waals surface area contributed by atoms with Crippen LogP contribution in [0, 0.1) is 17.8 Å². The molecule has 1 saturated heterocycles. The summed E-state index contributed by atoms with van der Waals surface area (Å²) in [6.45, 7) is 11.5. The summed E-state index contributed by atoms with van der Waals surface area (Å²) >= 11 is 0. The molecule has 2 heterocycles. The van der Waals surface area contributed by atoms with E-state index in [4.69, 9.17) is 4.74 Å². The summed E-state index contributed by atoms with van der Waals surface area (Å²) < 4.78 is 5.35. The van der Waals surface area contributed by atoms with Crippen LogP contribution < -0.4 is 0 Å². The van der Waals surface area contributed by atoms with E-state index in [9.17, 15) is 24.3 Å². The van der Waals surface area contributed by atoms with Gasteiger partial charge in [-0.2, -0.15) is 0 Å². The average molecular weight is 480 g/mol. The SMILES string of the molecule is CCC(C)[C@H](O)C(=O)N(C)[C@H](C(=O)N1CCC[C@H]1C(=O)N1C(=O)C=C(OC)[C@@H]1C(C)C)C(C)C. The smallest absolute Gasteiger partial charge is 0.257 e. The lowest BCUT2D eigenvalue weighted by molar-refractivity contribution is -0.156. The molecule has 0 bridgehead atoms. The second-order valence-electron chi connectivity index (χ2n) is 10.1. The monoisotopic (exact) mass is 479 g/mol. The Morgan fingerprint density at radius 2 is 1.82 bits per heavy atom. The molecule has 9 heteroatoms. The van der Waals surface area contributed by atoms with Gasteiger partial charge in [0.05, 0.1) is 13.2 Å². The van der Waals surface area contributed by atoms with E-state index in [0.29, 0.717) is 31.6 Å². The highest BCUT2D eigenvalue weighted by Gasteiger charge is 2.47. The minimum Gasteiger partial charge on any atom is -0.499 e. The molecule has 0 spiro atoms. The molecule has 5 atom stereocenters. The van der Waals surface area contributed by atoms with Gasteiger partial charge >= 0.3 is 0 Å². The molecular formula is C25H41N3O6. The van der Waals surface area contributed by atoms with Crippen LogP contribution in [0.5, 0.6) is 0 Å². The molecule has 192 valence electrons. The van der Waals surface area contributed by atoms with Crippen molar-refractivity contribution in [2.45, 2.75) is 85.0 Å². The lowest BCUT2D eigenvalue weighted by Gasteiger charge is -2.38. The van der Waals surface area contributed by atoms with Gasteiger partial charge in [-0.25, -0.2) is 0 Å². The van der Waals surface area contributed by atoms with E-state index in [1.165, 1.54) is 34.9 Å². The van der Waals surface area contributed by atoms with E-state index >= 15 is 0 Å². The number of likely N-dealkylation sites (tertiary alicyclic amines) is 1. The second kappa shape index (κ2) is 11.3. The molecule has 1 fully saturated rings. The molecule has 0 aliphatic carbocycles. The van der Waals surface area contributed by atoms with Gasteiger partial charge in [0.1, 0.15) is 23.9 Å². The molecule has 2 aliphatic heterocycles. The molecule has 1 N–H and O–H groups in total. The molecule has 0 aromatic carbocycles. The van der Waals surface area contributed by atoms with Crippen molar-refractivity contribution in [3.8, 4) is 0 Å². The maximum absolute atomic E-state index is 13.7. The number of ether oxygens (including phenoxy) is 1. The number of aliphatic hydroxyl groups is 1. The fraction of sp³-hybridized carbons (Fsp3) is 0.760. The number of aliphatic hydroxyl groups excluding tert-OH is 1. The van der Waals surface area contributed by atoms with E-state index in [0.717, 1.165) is 0 Å². The van der Waals surface area contributed by atoms with Gasteiger partial charge in [0.2, 0.25) is 5.91 Å². The van der Waals surface area contributed by atoms with Gasteiger partial charge in [-0.05, 0) is 30.6 Å². The Balaban J connectivity index is 2.29. The Morgan fingerprint density at radius 1 is 1.21 bits per heavy atom. The van der Waals surface area contributed by atoms with Gasteiger partial charge < -0.3 is 19.6 Å². The number of likely N-dealkylation sites (N-methyl/N-ethyl adjacent to an activating group) is 1. The van der Waals surface area contributed by atoms with E-state index < -0.39 is 42.0 Å². The van der Waals surface area contributed by atoms with Gasteiger partial charge in [-0.15, -0.1) is 0 Å². The van der Waals surface area contributed by atoms with Crippen LogP contribution >= 0.6 is 0 Å². The van der Waals surface area contributed by atoms with Crippen LogP contribution in [0.1, 0.15) is 60.8 Å². The van der Waals surface area contributed by atoms with Crippen LogP contribution in [-0.2, 0) is 23.9 Å². The largest absolute Gasteiger partial charge is 0.499 e. The number of hydrogen-bond acceptors (Lipinski definition) is 6. The van der Waals surface area contributed by atoms with E-state index in [1.807, 2.05) is 34.6 Å². The van der Waals surface area contributed by atoms with Crippen LogP contribution in [0.2, 0.25) is 0 Å².